The van der Waals surface area contributed by atoms with Crippen LogP contribution < -0.4 is 0 Å². The van der Waals surface area contributed by atoms with Crippen molar-refractivity contribution in [2.24, 2.45) is 0 Å². The maximum atomic E-state index is 2.91. The third-order valence-electron chi connectivity index (χ3n) is 0. The van der Waals surface area contributed by atoms with Crippen molar-refractivity contribution >= 4 is 29.1 Å². The molecule has 0 bridgehead atoms. The number of halogens is 1. The van der Waals surface area contributed by atoms with Crippen molar-refractivity contribution in [1.29, 1.82) is 0 Å². The van der Waals surface area contributed by atoms with Gasteiger partial charge in [0.1, 0.15) is 0 Å². The summed E-state index contributed by atoms with van der Waals surface area (Å²) in [7, 11) is 0.759. The van der Waals surface area contributed by atoms with E-state index in [-0.39, 0.29) is 7.43 Å². The molecule has 4 heteroatoms. The van der Waals surface area contributed by atoms with Crippen molar-refractivity contribution in [1.82, 2.24) is 0 Å². The summed E-state index contributed by atoms with van der Waals surface area (Å²) in [5.74, 6) is 0. The Balaban J connectivity index is -0.0000000339. The van der Waals surface area contributed by atoms with Gasteiger partial charge in [-0.1, -0.05) is 0 Å². The van der Waals surface area contributed by atoms with E-state index >= 15 is 0 Å². The van der Waals surface area contributed by atoms with Gasteiger partial charge in [0, 0.05) is 0 Å². The summed E-state index contributed by atoms with van der Waals surface area (Å²) in [6, 6.07) is 0. The third kappa shape index (κ3) is 294. The molecule has 0 radical (unpaired) electrons. The number of hydrogen-bond donors (Lipinski definition) is 0. The molecule has 0 N–H and O–H groups in total. The molecule has 0 aromatic carbocycles. The fourth-order valence-electron chi connectivity index (χ4n) is 0. The summed E-state index contributed by atoms with van der Waals surface area (Å²) < 4.78 is 0. The van der Waals surface area contributed by atoms with Crippen LogP contribution in [0.25, 0.3) is 0 Å². The van der Waals surface area contributed by atoms with Crippen LogP contribution in [0.1, 0.15) is 0 Å². The second kappa shape index (κ2) is 22.7. The van der Waals surface area contributed by atoms with Crippen molar-refractivity contribution in [2.75, 3.05) is 40.0 Å². The molecule has 0 aliphatic carbocycles. The Labute approximate surface area is 93.8 Å². The van der Waals surface area contributed by atoms with E-state index in [0.717, 1.165) is 0 Å². The smallest absolute Gasteiger partial charge is 0.358 e. The summed E-state index contributed by atoms with van der Waals surface area (Å²) in [5.41, 5.74) is 0. The molecule has 0 aromatic heterocycles. The molecule has 0 saturated heterocycles. The quantitative estimate of drug-likeness (QED) is 0.393. The Morgan fingerprint density at radius 2 is 0.727 bits per heavy atom. The first-order valence-corrected chi connectivity index (χ1v) is 13.1. The SMILES string of the molecule is CP(C)C.CP(C)C.[Br][Pt+].[CH3-]. The van der Waals surface area contributed by atoms with E-state index in [1.165, 1.54) is 0 Å². The average molecular weight is 442 g/mol. The fourth-order valence-corrected chi connectivity index (χ4v) is 0. The van der Waals surface area contributed by atoms with Crippen LogP contribution in [0, 0.1) is 7.43 Å². The predicted octanol–water partition coefficient (Wildman–Crippen LogP) is 4.01. The largest absolute Gasteiger partial charge is 0.358 e. The van der Waals surface area contributed by atoms with Gasteiger partial charge in [0.2, 0.25) is 0 Å². The Morgan fingerprint density at radius 1 is 0.727 bits per heavy atom. The molecule has 0 rings (SSSR count). The molecule has 0 heterocycles. The first kappa shape index (κ1) is 23.1. The first-order chi connectivity index (χ1) is 4.46. The van der Waals surface area contributed by atoms with Gasteiger partial charge in [-0.15, -0.1) is 15.8 Å². The minimum absolute atomic E-state index is 0. The van der Waals surface area contributed by atoms with Crippen molar-refractivity contribution in [2.45, 2.75) is 0 Å². The minimum atomic E-state index is 0. The van der Waals surface area contributed by atoms with Gasteiger partial charge in [0.15, 0.2) is 0 Å². The van der Waals surface area contributed by atoms with E-state index in [1.54, 1.807) is 0 Å². The molecule has 0 atom stereocenters. The zero-order valence-corrected chi connectivity index (χ0v) is 14.2. The van der Waals surface area contributed by atoms with E-state index in [9.17, 15) is 0 Å². The molecule has 0 aliphatic rings. The summed E-state index contributed by atoms with van der Waals surface area (Å²) >= 11 is 4.86. The molecule has 0 fully saturated rings. The third-order valence-corrected chi connectivity index (χ3v) is 0. The summed E-state index contributed by atoms with van der Waals surface area (Å²) in [5, 5.41) is 0. The van der Waals surface area contributed by atoms with Crippen LogP contribution in [0.15, 0.2) is 0 Å². The van der Waals surface area contributed by atoms with E-state index in [4.69, 9.17) is 0 Å². The second-order valence-corrected chi connectivity index (χ2v) is 8.05. The molecule has 0 unspecified atom stereocenters. The van der Waals surface area contributed by atoms with Crippen molar-refractivity contribution in [3.63, 3.8) is 0 Å². The van der Waals surface area contributed by atoms with Crippen LogP contribution >= 0.6 is 29.1 Å². The van der Waals surface area contributed by atoms with E-state index in [0.29, 0.717) is 15.8 Å². The molecule has 0 saturated carbocycles. The van der Waals surface area contributed by atoms with Crippen LogP contribution in [0.5, 0.6) is 0 Å². The maximum absolute atomic E-state index is 2.91. The van der Waals surface area contributed by atoms with E-state index in [1.807, 2.05) is 17.8 Å². The summed E-state index contributed by atoms with van der Waals surface area (Å²) in [6.07, 6.45) is 0. The Bertz CT molecular complexity index is 31.9. The molecule has 76 valence electrons. The first-order valence-electron chi connectivity index (χ1n) is 2.80. The Hall–Kier alpha value is 2.03. The van der Waals surface area contributed by atoms with Gasteiger partial charge >= 0.3 is 31.1 Å². The number of rotatable bonds is 0. The van der Waals surface area contributed by atoms with Gasteiger partial charge in [-0.2, -0.15) is 0 Å². The topological polar surface area (TPSA) is 0 Å². The van der Waals surface area contributed by atoms with Crippen LogP contribution in [0.4, 0.5) is 0 Å². The van der Waals surface area contributed by atoms with Gasteiger partial charge in [-0.25, -0.2) is 0 Å². The van der Waals surface area contributed by atoms with Gasteiger partial charge in [0.05, 0.1) is 0 Å². The van der Waals surface area contributed by atoms with Gasteiger partial charge in [-0.05, 0) is 40.0 Å². The molecular formula is C7H21BrP2Pt. The molecular weight excluding hydrogens is 421 g/mol. The van der Waals surface area contributed by atoms with Crippen molar-refractivity contribution < 1.29 is 17.8 Å². The van der Waals surface area contributed by atoms with Gasteiger partial charge < -0.3 is 7.43 Å². The summed E-state index contributed by atoms with van der Waals surface area (Å²) in [4.78, 5) is 0. The zero-order valence-electron chi connectivity index (χ0n) is 8.59. The molecule has 0 nitrogen and oxygen atoms in total. The molecule has 0 spiro atoms. The molecule has 0 aromatic rings. The standard InChI is InChI=1S/2C3H9P.CH3.BrH.Pt/c2*1-4(2)3;;;/h2*1-3H3;1H3;1H;/q;;-1;;+2/p-1. The minimum Gasteiger partial charge on any atom is -0.358 e. The van der Waals surface area contributed by atoms with Gasteiger partial charge in [0.25, 0.3) is 0 Å². The average Bonchev–Trinajstić information content (AvgIpc) is 1.66. The monoisotopic (exact) mass is 441 g/mol. The second-order valence-electron chi connectivity index (χ2n) is 2.68. The van der Waals surface area contributed by atoms with Crippen LogP contribution in [-0.2, 0) is 17.8 Å². The van der Waals surface area contributed by atoms with Crippen LogP contribution in [-0.4, -0.2) is 40.0 Å². The normalized spacial score (nSPS) is 7.18. The predicted molar refractivity (Wildman–Crippen MR) is 64.7 cm³/mol. The zero-order chi connectivity index (χ0) is 9.15. The van der Waals surface area contributed by atoms with Crippen LogP contribution in [0.3, 0.4) is 0 Å². The number of hydrogen-bond acceptors (Lipinski definition) is 0. The van der Waals surface area contributed by atoms with Crippen molar-refractivity contribution in [3.8, 4) is 0 Å². The Kier molecular flexibility index (Phi) is 47.7. The molecule has 0 aliphatic heterocycles. The summed E-state index contributed by atoms with van der Waals surface area (Å²) in [6.45, 7) is 13.4. The Morgan fingerprint density at radius 3 is 0.727 bits per heavy atom. The maximum Gasteiger partial charge on any atom is -0.358 e. The van der Waals surface area contributed by atoms with E-state index in [2.05, 4.69) is 53.3 Å². The van der Waals surface area contributed by atoms with Crippen LogP contribution in [0.2, 0.25) is 0 Å². The van der Waals surface area contributed by atoms with E-state index < -0.39 is 0 Å². The molecule has 0 amide bonds. The van der Waals surface area contributed by atoms with Crippen molar-refractivity contribution in [3.05, 3.63) is 7.43 Å². The molecule has 11 heavy (non-hydrogen) atoms. The van der Waals surface area contributed by atoms with Gasteiger partial charge in [-0.3, -0.25) is 0 Å². The fraction of sp³-hybridized carbons (Fsp3) is 0.857.